The summed E-state index contributed by atoms with van der Waals surface area (Å²) in [6.45, 7) is 6.35. The van der Waals surface area contributed by atoms with Gasteiger partial charge in [0.2, 0.25) is 11.8 Å². The number of hydrogen-bond acceptors (Lipinski definition) is 7. The minimum Gasteiger partial charge on any atom is -0.459 e. The van der Waals surface area contributed by atoms with E-state index in [9.17, 15) is 14.4 Å². The monoisotopic (exact) mass is 622 g/mol. The summed E-state index contributed by atoms with van der Waals surface area (Å²) in [5, 5.41) is 0. The average Bonchev–Trinajstić information content (AvgIpc) is 3.19. The molecule has 8 heteroatoms. The number of ether oxygens (including phenoxy) is 1. The second-order valence-electron chi connectivity index (χ2n) is 13.4. The van der Waals surface area contributed by atoms with E-state index in [0.717, 1.165) is 57.7 Å². The summed E-state index contributed by atoms with van der Waals surface area (Å²) >= 11 is 0. The number of allylic oxidation sites excluding steroid dienone is 2. The van der Waals surface area contributed by atoms with Gasteiger partial charge in [0.1, 0.15) is 11.9 Å². The first-order valence-electron chi connectivity index (χ1n) is 18.1. The van der Waals surface area contributed by atoms with Crippen molar-refractivity contribution in [3.05, 3.63) is 36.5 Å². The summed E-state index contributed by atoms with van der Waals surface area (Å²) in [7, 11) is 0. The SMILES string of the molecule is CCCCCCCCCCCCCCCC(=O)OC(CN1CCCN(c2ccccn2)CC1)CN1C(=O)[C@H]2CC=CC[C@H]2C1=O. The molecule has 2 aliphatic heterocycles. The van der Waals surface area contributed by atoms with Gasteiger partial charge in [0.15, 0.2) is 0 Å². The molecule has 4 rings (SSSR count). The number of carbonyl (C=O) groups excluding carboxylic acids is 3. The van der Waals surface area contributed by atoms with E-state index in [0.29, 0.717) is 25.8 Å². The molecule has 45 heavy (non-hydrogen) atoms. The Morgan fingerprint density at radius 1 is 0.800 bits per heavy atom. The fourth-order valence-corrected chi connectivity index (χ4v) is 7.13. The van der Waals surface area contributed by atoms with E-state index in [1.807, 2.05) is 36.5 Å². The van der Waals surface area contributed by atoms with E-state index in [2.05, 4.69) is 21.7 Å². The van der Waals surface area contributed by atoms with Crippen molar-refractivity contribution in [2.24, 2.45) is 11.8 Å². The zero-order chi connectivity index (χ0) is 31.7. The lowest BCUT2D eigenvalue weighted by Crippen LogP contribution is -2.46. The van der Waals surface area contributed by atoms with Crippen LogP contribution in [0.5, 0.6) is 0 Å². The van der Waals surface area contributed by atoms with Gasteiger partial charge in [-0.25, -0.2) is 4.98 Å². The molecule has 250 valence electrons. The quantitative estimate of drug-likeness (QED) is 0.0674. The van der Waals surface area contributed by atoms with Crippen molar-refractivity contribution in [3.8, 4) is 0 Å². The minimum atomic E-state index is -0.526. The van der Waals surface area contributed by atoms with Gasteiger partial charge >= 0.3 is 5.97 Å². The van der Waals surface area contributed by atoms with E-state index < -0.39 is 6.10 Å². The smallest absolute Gasteiger partial charge is 0.306 e. The van der Waals surface area contributed by atoms with Crippen molar-refractivity contribution in [3.63, 3.8) is 0 Å². The first kappa shape index (κ1) is 35.1. The van der Waals surface area contributed by atoms with Crippen LogP contribution in [0, 0.1) is 11.8 Å². The maximum absolute atomic E-state index is 13.2. The van der Waals surface area contributed by atoms with E-state index >= 15 is 0 Å². The van der Waals surface area contributed by atoms with Crippen molar-refractivity contribution in [1.82, 2.24) is 14.8 Å². The number of nitrogens with zero attached hydrogens (tertiary/aromatic N) is 4. The highest BCUT2D eigenvalue weighted by molar-refractivity contribution is 6.05. The molecule has 0 radical (unpaired) electrons. The largest absolute Gasteiger partial charge is 0.459 e. The lowest BCUT2D eigenvalue weighted by Gasteiger charge is -2.29. The molecule has 2 fully saturated rings. The Morgan fingerprint density at radius 3 is 2.02 bits per heavy atom. The first-order chi connectivity index (χ1) is 22.1. The molecule has 3 heterocycles. The second-order valence-corrected chi connectivity index (χ2v) is 13.4. The molecule has 8 nitrogen and oxygen atoms in total. The van der Waals surface area contributed by atoms with Crippen molar-refractivity contribution in [2.75, 3.05) is 44.2 Å². The predicted molar refractivity (Wildman–Crippen MR) is 180 cm³/mol. The molecule has 0 saturated carbocycles. The van der Waals surface area contributed by atoms with Crippen LogP contribution in [-0.2, 0) is 19.1 Å². The normalized spacial score (nSPS) is 21.2. The number of esters is 1. The Hall–Kier alpha value is -2.74. The van der Waals surface area contributed by atoms with Crippen LogP contribution in [-0.4, -0.2) is 77.9 Å². The van der Waals surface area contributed by atoms with Crippen molar-refractivity contribution < 1.29 is 19.1 Å². The molecule has 0 N–H and O–H groups in total. The third-order valence-corrected chi connectivity index (χ3v) is 9.79. The maximum atomic E-state index is 13.2. The Labute approximate surface area is 271 Å². The Morgan fingerprint density at radius 2 is 1.42 bits per heavy atom. The highest BCUT2D eigenvalue weighted by Crippen LogP contribution is 2.35. The highest BCUT2D eigenvalue weighted by atomic mass is 16.5. The van der Waals surface area contributed by atoms with E-state index in [4.69, 9.17) is 4.74 Å². The number of hydrogen-bond donors (Lipinski definition) is 0. The third kappa shape index (κ3) is 11.5. The van der Waals surface area contributed by atoms with Gasteiger partial charge < -0.3 is 9.64 Å². The van der Waals surface area contributed by atoms with Crippen LogP contribution in [0.4, 0.5) is 5.82 Å². The van der Waals surface area contributed by atoms with Crippen molar-refractivity contribution in [2.45, 2.75) is 122 Å². The number of imide groups is 1. The lowest BCUT2D eigenvalue weighted by atomic mass is 9.85. The number of likely N-dealkylation sites (tertiary alicyclic amines) is 1. The average molecular weight is 623 g/mol. The summed E-state index contributed by atoms with van der Waals surface area (Å²) < 4.78 is 6.06. The van der Waals surface area contributed by atoms with Crippen molar-refractivity contribution >= 4 is 23.6 Å². The predicted octanol–water partition coefficient (Wildman–Crippen LogP) is 6.94. The van der Waals surface area contributed by atoms with Crippen LogP contribution in [0.2, 0.25) is 0 Å². The number of anilines is 1. The number of pyridine rings is 1. The van der Waals surface area contributed by atoms with Crippen molar-refractivity contribution in [1.29, 1.82) is 0 Å². The van der Waals surface area contributed by atoms with E-state index in [1.54, 1.807) is 0 Å². The van der Waals surface area contributed by atoms with Gasteiger partial charge in [-0.1, -0.05) is 102 Å². The standard InChI is InChI=1S/C37H58N4O4/c1-2-3-4-5-6-7-8-9-10-11-12-13-14-23-35(42)45-31(30-41-36(43)32-20-15-16-21-33(32)37(41)44)29-39-25-19-26-40(28-27-39)34-22-17-18-24-38-34/h15-18,22,24,31-33H,2-14,19-21,23,25-30H2,1H3/t31?,32-,33+. The molecule has 1 aliphatic carbocycles. The van der Waals surface area contributed by atoms with Crippen LogP contribution in [0.3, 0.4) is 0 Å². The first-order valence-corrected chi connectivity index (χ1v) is 18.1. The summed E-state index contributed by atoms with van der Waals surface area (Å²) in [4.78, 5) is 50.0. The molecule has 0 spiro atoms. The van der Waals surface area contributed by atoms with Gasteiger partial charge in [0.05, 0.1) is 18.4 Å². The van der Waals surface area contributed by atoms with Crippen LogP contribution < -0.4 is 4.90 Å². The van der Waals surface area contributed by atoms with Gasteiger partial charge in [-0.15, -0.1) is 0 Å². The lowest BCUT2D eigenvalue weighted by molar-refractivity contribution is -0.155. The van der Waals surface area contributed by atoms with Gasteiger partial charge in [-0.2, -0.15) is 0 Å². The molecule has 1 aromatic rings. The number of aromatic nitrogens is 1. The molecular weight excluding hydrogens is 564 g/mol. The molecule has 3 aliphatic rings. The summed E-state index contributed by atoms with van der Waals surface area (Å²) in [5.74, 6) is 0.00786. The molecule has 3 atom stereocenters. The zero-order valence-electron chi connectivity index (χ0n) is 27.9. The Kier molecular flexibility index (Phi) is 15.4. The fourth-order valence-electron chi connectivity index (χ4n) is 7.13. The van der Waals surface area contributed by atoms with Gasteiger partial charge in [0, 0.05) is 45.3 Å². The molecule has 1 aromatic heterocycles. The zero-order valence-corrected chi connectivity index (χ0v) is 27.9. The van der Waals surface area contributed by atoms with Gasteiger partial charge in [-0.05, 0) is 37.8 Å². The Balaban J connectivity index is 1.21. The number of amides is 2. The molecular formula is C37H58N4O4. The second kappa shape index (κ2) is 19.7. The van der Waals surface area contributed by atoms with Crippen LogP contribution >= 0.6 is 0 Å². The number of carbonyl (C=O) groups is 3. The maximum Gasteiger partial charge on any atom is 0.306 e. The molecule has 0 bridgehead atoms. The topological polar surface area (TPSA) is 83.1 Å². The van der Waals surface area contributed by atoms with Crippen LogP contribution in [0.15, 0.2) is 36.5 Å². The molecule has 1 unspecified atom stereocenters. The number of unbranched alkanes of at least 4 members (excludes halogenated alkanes) is 12. The molecule has 0 aromatic carbocycles. The number of fused-ring (bicyclic) bond motifs is 1. The molecule has 2 saturated heterocycles. The summed E-state index contributed by atoms with van der Waals surface area (Å²) in [6, 6.07) is 5.97. The van der Waals surface area contributed by atoms with Gasteiger partial charge in [0.25, 0.3) is 0 Å². The molecule has 2 amide bonds. The number of rotatable bonds is 20. The Bertz CT molecular complexity index is 1040. The van der Waals surface area contributed by atoms with E-state index in [-0.39, 0.29) is 36.2 Å². The van der Waals surface area contributed by atoms with Crippen LogP contribution in [0.25, 0.3) is 0 Å². The van der Waals surface area contributed by atoms with E-state index in [1.165, 1.54) is 69.1 Å². The van der Waals surface area contributed by atoms with Gasteiger partial charge in [-0.3, -0.25) is 24.2 Å². The third-order valence-electron chi connectivity index (χ3n) is 9.79. The minimum absolute atomic E-state index is 0.107. The highest BCUT2D eigenvalue weighted by Gasteiger charge is 2.48. The summed E-state index contributed by atoms with van der Waals surface area (Å²) in [5.41, 5.74) is 0. The summed E-state index contributed by atoms with van der Waals surface area (Å²) in [6.07, 6.45) is 24.3. The fraction of sp³-hybridized carbons (Fsp3) is 0.730. The van der Waals surface area contributed by atoms with Crippen LogP contribution in [0.1, 0.15) is 116 Å².